The molecule has 0 N–H and O–H groups in total. The number of alkyl halides is 1. The number of rotatable bonds is 3. The minimum Gasteiger partial charge on any atom is -0.495 e. The summed E-state index contributed by atoms with van der Waals surface area (Å²) in [6.45, 7) is 0. The van der Waals surface area contributed by atoms with Gasteiger partial charge < -0.3 is 4.74 Å². The van der Waals surface area contributed by atoms with Crippen LogP contribution in [0.15, 0.2) is 45.3 Å². The standard InChI is InChI=1S/C14H10Br3ClO/c1-19-14-10(6-8(18)7-12(14)16)13(17)9-4-2-3-5-11(9)15/h2-7,13H,1H3. The first-order chi connectivity index (χ1) is 9.04. The smallest absolute Gasteiger partial charge is 0.137 e. The lowest BCUT2D eigenvalue weighted by Gasteiger charge is -2.17. The summed E-state index contributed by atoms with van der Waals surface area (Å²) in [5, 5.41) is 0.666. The lowest BCUT2D eigenvalue weighted by molar-refractivity contribution is 0.408. The second kappa shape index (κ2) is 6.61. The van der Waals surface area contributed by atoms with Gasteiger partial charge in [-0.3, -0.25) is 0 Å². The predicted octanol–water partition coefficient (Wildman–Crippen LogP) is 6.36. The van der Waals surface area contributed by atoms with Gasteiger partial charge in [0.15, 0.2) is 0 Å². The van der Waals surface area contributed by atoms with Crippen LogP contribution in [0.2, 0.25) is 5.02 Å². The van der Waals surface area contributed by atoms with Crippen LogP contribution in [-0.4, -0.2) is 7.11 Å². The third-order valence-electron chi connectivity index (χ3n) is 2.69. The number of ether oxygens (including phenoxy) is 1. The fourth-order valence-electron chi connectivity index (χ4n) is 1.83. The summed E-state index contributed by atoms with van der Waals surface area (Å²) in [5.41, 5.74) is 2.10. The molecule has 0 radical (unpaired) electrons. The molecule has 0 aliphatic heterocycles. The number of hydrogen-bond donors (Lipinski definition) is 0. The summed E-state index contributed by atoms with van der Waals surface area (Å²) in [6, 6.07) is 11.8. The minimum absolute atomic E-state index is 0.00646. The van der Waals surface area contributed by atoms with Gasteiger partial charge in [0.25, 0.3) is 0 Å². The van der Waals surface area contributed by atoms with E-state index in [9.17, 15) is 0 Å². The Labute approximate surface area is 142 Å². The Morgan fingerprint density at radius 3 is 2.37 bits per heavy atom. The van der Waals surface area contributed by atoms with Crippen molar-refractivity contribution in [2.75, 3.05) is 7.11 Å². The van der Waals surface area contributed by atoms with Crippen LogP contribution in [0, 0.1) is 0 Å². The summed E-state index contributed by atoms with van der Waals surface area (Å²) in [6.07, 6.45) is 0. The van der Waals surface area contributed by atoms with Crippen molar-refractivity contribution >= 4 is 59.4 Å². The van der Waals surface area contributed by atoms with Gasteiger partial charge in [0.2, 0.25) is 0 Å². The maximum atomic E-state index is 6.13. The van der Waals surface area contributed by atoms with E-state index in [0.717, 1.165) is 25.8 Å². The molecule has 0 heterocycles. The summed E-state index contributed by atoms with van der Waals surface area (Å²) >= 11 is 16.9. The van der Waals surface area contributed by atoms with Crippen molar-refractivity contribution in [3.05, 3.63) is 61.5 Å². The Hall–Kier alpha value is -0.0300. The molecule has 0 spiro atoms. The number of benzene rings is 2. The average molecular weight is 469 g/mol. The molecule has 1 nitrogen and oxygen atoms in total. The second-order valence-corrected chi connectivity index (χ2v) is 6.95. The van der Waals surface area contributed by atoms with E-state index in [1.165, 1.54) is 0 Å². The molecule has 0 aromatic heterocycles. The molecule has 0 aliphatic rings. The zero-order valence-electron chi connectivity index (χ0n) is 9.96. The molecule has 0 saturated heterocycles. The molecular formula is C14H10Br3ClO. The highest BCUT2D eigenvalue weighted by Crippen LogP contribution is 2.43. The largest absolute Gasteiger partial charge is 0.495 e. The van der Waals surface area contributed by atoms with E-state index in [-0.39, 0.29) is 4.83 Å². The number of halogens is 4. The second-order valence-electron chi connectivity index (χ2n) is 3.89. The van der Waals surface area contributed by atoms with Gasteiger partial charge in [0.1, 0.15) is 5.75 Å². The van der Waals surface area contributed by atoms with Gasteiger partial charge in [-0.2, -0.15) is 0 Å². The third-order valence-corrected chi connectivity index (χ3v) is 5.21. The van der Waals surface area contributed by atoms with Crippen molar-refractivity contribution in [1.29, 1.82) is 0 Å². The molecule has 2 rings (SSSR count). The van der Waals surface area contributed by atoms with Crippen molar-refractivity contribution in [2.45, 2.75) is 4.83 Å². The fourth-order valence-corrected chi connectivity index (χ4v) is 4.39. The minimum atomic E-state index is -0.00646. The first-order valence-corrected chi connectivity index (χ1v) is 8.34. The average Bonchev–Trinajstić information content (AvgIpc) is 2.37. The van der Waals surface area contributed by atoms with Crippen molar-refractivity contribution in [3.63, 3.8) is 0 Å². The van der Waals surface area contributed by atoms with Crippen molar-refractivity contribution in [1.82, 2.24) is 0 Å². The van der Waals surface area contributed by atoms with Crippen LogP contribution in [0.5, 0.6) is 5.75 Å². The van der Waals surface area contributed by atoms with E-state index in [2.05, 4.69) is 53.9 Å². The normalized spacial score (nSPS) is 12.3. The van der Waals surface area contributed by atoms with Gasteiger partial charge in [-0.05, 0) is 39.7 Å². The Balaban J connectivity index is 2.55. The molecule has 5 heteroatoms. The highest BCUT2D eigenvalue weighted by molar-refractivity contribution is 9.11. The third kappa shape index (κ3) is 3.35. The Bertz CT molecular complexity index is 601. The van der Waals surface area contributed by atoms with Crippen molar-refractivity contribution < 1.29 is 4.74 Å². The molecule has 2 aromatic rings. The van der Waals surface area contributed by atoms with Gasteiger partial charge in [0.05, 0.1) is 16.4 Å². The maximum absolute atomic E-state index is 6.13. The summed E-state index contributed by atoms with van der Waals surface area (Å²) in [4.78, 5) is -0.00646. The molecule has 0 aliphatic carbocycles. The summed E-state index contributed by atoms with van der Waals surface area (Å²) in [7, 11) is 1.65. The number of hydrogen-bond acceptors (Lipinski definition) is 1. The maximum Gasteiger partial charge on any atom is 0.137 e. The Morgan fingerprint density at radius 1 is 1.05 bits per heavy atom. The summed E-state index contributed by atoms with van der Waals surface area (Å²) < 4.78 is 7.34. The van der Waals surface area contributed by atoms with Crippen LogP contribution in [0.25, 0.3) is 0 Å². The van der Waals surface area contributed by atoms with E-state index in [0.29, 0.717) is 5.02 Å². The van der Waals surface area contributed by atoms with Gasteiger partial charge in [-0.15, -0.1) is 0 Å². The molecule has 100 valence electrons. The fraction of sp³-hybridized carbons (Fsp3) is 0.143. The van der Waals surface area contributed by atoms with Gasteiger partial charge >= 0.3 is 0 Å². The summed E-state index contributed by atoms with van der Waals surface area (Å²) in [5.74, 6) is 0.780. The first kappa shape index (κ1) is 15.4. The molecule has 0 fully saturated rings. The number of methoxy groups -OCH3 is 1. The quantitative estimate of drug-likeness (QED) is 0.476. The molecule has 0 bridgehead atoms. The zero-order valence-corrected chi connectivity index (χ0v) is 15.5. The highest BCUT2D eigenvalue weighted by atomic mass is 79.9. The van der Waals surface area contributed by atoms with Gasteiger partial charge in [0, 0.05) is 15.1 Å². The van der Waals surface area contributed by atoms with E-state index < -0.39 is 0 Å². The van der Waals surface area contributed by atoms with Crippen LogP contribution >= 0.6 is 59.4 Å². The van der Waals surface area contributed by atoms with Crippen LogP contribution < -0.4 is 4.74 Å². The molecule has 1 atom stereocenters. The lowest BCUT2D eigenvalue weighted by Crippen LogP contribution is -1.99. The zero-order chi connectivity index (χ0) is 14.0. The first-order valence-electron chi connectivity index (χ1n) is 5.46. The lowest BCUT2D eigenvalue weighted by atomic mass is 10.0. The van der Waals surface area contributed by atoms with Gasteiger partial charge in [-0.1, -0.05) is 61.7 Å². The molecule has 19 heavy (non-hydrogen) atoms. The van der Waals surface area contributed by atoms with Crippen LogP contribution in [0.1, 0.15) is 16.0 Å². The van der Waals surface area contributed by atoms with E-state index in [1.807, 2.05) is 30.3 Å². The highest BCUT2D eigenvalue weighted by Gasteiger charge is 2.20. The van der Waals surface area contributed by atoms with Crippen LogP contribution in [-0.2, 0) is 0 Å². The molecule has 0 saturated carbocycles. The van der Waals surface area contributed by atoms with Crippen LogP contribution in [0.4, 0.5) is 0 Å². The van der Waals surface area contributed by atoms with E-state index >= 15 is 0 Å². The van der Waals surface area contributed by atoms with E-state index in [1.54, 1.807) is 7.11 Å². The van der Waals surface area contributed by atoms with E-state index in [4.69, 9.17) is 16.3 Å². The van der Waals surface area contributed by atoms with Crippen molar-refractivity contribution in [2.24, 2.45) is 0 Å². The Kier molecular flexibility index (Phi) is 5.35. The molecular weight excluding hydrogens is 459 g/mol. The predicted molar refractivity (Wildman–Crippen MR) is 90.6 cm³/mol. The SMILES string of the molecule is COc1c(Br)cc(Cl)cc1C(Br)c1ccccc1Br. The molecule has 2 aromatic carbocycles. The molecule has 0 amide bonds. The van der Waals surface area contributed by atoms with Crippen LogP contribution in [0.3, 0.4) is 0 Å². The topological polar surface area (TPSA) is 9.23 Å². The monoisotopic (exact) mass is 466 g/mol. The van der Waals surface area contributed by atoms with Gasteiger partial charge in [-0.25, -0.2) is 0 Å². The van der Waals surface area contributed by atoms with Crippen molar-refractivity contribution in [3.8, 4) is 5.75 Å². The Morgan fingerprint density at radius 2 is 1.74 bits per heavy atom. The molecule has 1 unspecified atom stereocenters.